The van der Waals surface area contributed by atoms with Crippen LogP contribution in [-0.2, 0) is 0 Å². The summed E-state index contributed by atoms with van der Waals surface area (Å²) in [6.07, 6.45) is 1.75. The summed E-state index contributed by atoms with van der Waals surface area (Å²) in [6, 6.07) is 10.3. The first-order valence-electron chi connectivity index (χ1n) is 7.05. The Morgan fingerprint density at radius 2 is 1.91 bits per heavy atom. The lowest BCUT2D eigenvalue weighted by molar-refractivity contribution is 0.0742. The van der Waals surface area contributed by atoms with E-state index in [9.17, 15) is 9.18 Å². The standard InChI is InChI=1S/C16H15BrFN3O/c17-12-4-5-13(14(18)11-12)16(22)21-9-7-20(8-10-21)15-3-1-2-6-19-15/h1-6,11H,7-10H2. The number of nitrogens with zero attached hydrogens (tertiary/aromatic N) is 3. The van der Waals surface area contributed by atoms with Crippen LogP contribution in [0.25, 0.3) is 0 Å². The third-order valence-corrected chi connectivity index (χ3v) is 4.19. The minimum Gasteiger partial charge on any atom is -0.353 e. The molecule has 1 amide bonds. The van der Waals surface area contributed by atoms with Gasteiger partial charge < -0.3 is 9.80 Å². The van der Waals surface area contributed by atoms with Crippen molar-refractivity contribution in [3.05, 3.63) is 58.4 Å². The summed E-state index contributed by atoms with van der Waals surface area (Å²) >= 11 is 3.20. The predicted molar refractivity (Wildman–Crippen MR) is 86.5 cm³/mol. The fourth-order valence-electron chi connectivity index (χ4n) is 2.51. The Hall–Kier alpha value is -1.95. The topological polar surface area (TPSA) is 36.4 Å². The van der Waals surface area contributed by atoms with E-state index in [-0.39, 0.29) is 11.5 Å². The molecule has 0 unspecified atom stereocenters. The SMILES string of the molecule is O=C(c1ccc(Br)cc1F)N1CCN(c2ccccn2)CC1. The fraction of sp³-hybridized carbons (Fsp3) is 0.250. The van der Waals surface area contributed by atoms with Gasteiger partial charge in [-0.2, -0.15) is 0 Å². The van der Waals surface area contributed by atoms with Crippen molar-refractivity contribution in [1.29, 1.82) is 0 Å². The van der Waals surface area contributed by atoms with Crippen LogP contribution in [0.2, 0.25) is 0 Å². The molecule has 0 bridgehead atoms. The zero-order valence-corrected chi connectivity index (χ0v) is 13.5. The molecule has 1 aromatic carbocycles. The quantitative estimate of drug-likeness (QED) is 0.822. The van der Waals surface area contributed by atoms with E-state index in [2.05, 4.69) is 25.8 Å². The Kier molecular flexibility index (Phi) is 4.38. The van der Waals surface area contributed by atoms with Crippen molar-refractivity contribution in [2.75, 3.05) is 31.1 Å². The van der Waals surface area contributed by atoms with Crippen molar-refractivity contribution in [3.63, 3.8) is 0 Å². The molecule has 1 saturated heterocycles. The maximum absolute atomic E-state index is 13.9. The Morgan fingerprint density at radius 1 is 1.14 bits per heavy atom. The summed E-state index contributed by atoms with van der Waals surface area (Å²) in [7, 11) is 0. The number of rotatable bonds is 2. The van der Waals surface area contributed by atoms with Gasteiger partial charge in [-0.15, -0.1) is 0 Å². The van der Waals surface area contributed by atoms with Gasteiger partial charge in [-0.25, -0.2) is 9.37 Å². The molecule has 114 valence electrons. The van der Waals surface area contributed by atoms with E-state index in [0.717, 1.165) is 5.82 Å². The number of pyridine rings is 1. The Labute approximate surface area is 136 Å². The largest absolute Gasteiger partial charge is 0.353 e. The van der Waals surface area contributed by atoms with E-state index in [1.54, 1.807) is 17.2 Å². The van der Waals surface area contributed by atoms with E-state index in [1.165, 1.54) is 12.1 Å². The monoisotopic (exact) mass is 363 g/mol. The third kappa shape index (κ3) is 3.11. The molecule has 4 nitrogen and oxygen atoms in total. The molecule has 0 aliphatic carbocycles. The summed E-state index contributed by atoms with van der Waals surface area (Å²) in [5, 5.41) is 0. The number of benzene rings is 1. The van der Waals surface area contributed by atoms with Crippen LogP contribution in [0.3, 0.4) is 0 Å². The van der Waals surface area contributed by atoms with E-state index >= 15 is 0 Å². The number of anilines is 1. The Bertz CT molecular complexity index is 672. The molecule has 3 rings (SSSR count). The van der Waals surface area contributed by atoms with Crippen molar-refractivity contribution in [3.8, 4) is 0 Å². The lowest BCUT2D eigenvalue weighted by Gasteiger charge is -2.35. The molecule has 0 atom stereocenters. The first-order valence-corrected chi connectivity index (χ1v) is 7.85. The molecular weight excluding hydrogens is 349 g/mol. The zero-order chi connectivity index (χ0) is 15.5. The smallest absolute Gasteiger partial charge is 0.256 e. The van der Waals surface area contributed by atoms with Gasteiger partial charge in [0.1, 0.15) is 11.6 Å². The van der Waals surface area contributed by atoms with Crippen molar-refractivity contribution in [2.24, 2.45) is 0 Å². The maximum Gasteiger partial charge on any atom is 0.256 e. The summed E-state index contributed by atoms with van der Waals surface area (Å²) in [4.78, 5) is 20.5. The highest BCUT2D eigenvalue weighted by atomic mass is 79.9. The minimum absolute atomic E-state index is 0.120. The molecule has 2 heterocycles. The number of amides is 1. The summed E-state index contributed by atoms with van der Waals surface area (Å²) < 4.78 is 14.5. The van der Waals surface area contributed by atoms with Crippen molar-refractivity contribution < 1.29 is 9.18 Å². The zero-order valence-electron chi connectivity index (χ0n) is 11.9. The average Bonchev–Trinajstić information content (AvgIpc) is 2.55. The summed E-state index contributed by atoms with van der Waals surface area (Å²) in [5.74, 6) is 0.154. The number of carbonyl (C=O) groups excluding carboxylic acids is 1. The van der Waals surface area contributed by atoms with Crippen LogP contribution in [0.5, 0.6) is 0 Å². The summed E-state index contributed by atoms with van der Waals surface area (Å²) in [5.41, 5.74) is 0.120. The molecule has 0 radical (unpaired) electrons. The van der Waals surface area contributed by atoms with Crippen LogP contribution in [0.4, 0.5) is 10.2 Å². The van der Waals surface area contributed by atoms with Crippen LogP contribution in [0.1, 0.15) is 10.4 Å². The van der Waals surface area contributed by atoms with Crippen molar-refractivity contribution in [2.45, 2.75) is 0 Å². The number of hydrogen-bond donors (Lipinski definition) is 0. The molecular formula is C16H15BrFN3O. The second-order valence-electron chi connectivity index (χ2n) is 5.09. The fourth-order valence-corrected chi connectivity index (χ4v) is 2.85. The third-order valence-electron chi connectivity index (χ3n) is 3.70. The van der Waals surface area contributed by atoms with Gasteiger partial charge in [0.25, 0.3) is 5.91 Å². The molecule has 0 spiro atoms. The number of halogens is 2. The number of carbonyl (C=O) groups is 1. The predicted octanol–water partition coefficient (Wildman–Crippen LogP) is 2.95. The second kappa shape index (κ2) is 6.44. The molecule has 2 aromatic rings. The van der Waals surface area contributed by atoms with Crippen LogP contribution in [-0.4, -0.2) is 42.0 Å². The van der Waals surface area contributed by atoms with E-state index in [4.69, 9.17) is 0 Å². The van der Waals surface area contributed by atoms with Crippen LogP contribution < -0.4 is 4.90 Å². The molecule has 22 heavy (non-hydrogen) atoms. The molecule has 1 aliphatic rings. The molecule has 1 fully saturated rings. The number of piperazine rings is 1. The molecule has 6 heteroatoms. The summed E-state index contributed by atoms with van der Waals surface area (Å²) in [6.45, 7) is 2.51. The first-order chi connectivity index (χ1) is 10.6. The highest BCUT2D eigenvalue weighted by Gasteiger charge is 2.24. The number of aromatic nitrogens is 1. The lowest BCUT2D eigenvalue weighted by atomic mass is 10.1. The normalized spacial score (nSPS) is 15.0. The average molecular weight is 364 g/mol. The van der Waals surface area contributed by atoms with Gasteiger partial charge in [0.05, 0.1) is 5.56 Å². The van der Waals surface area contributed by atoms with E-state index in [1.807, 2.05) is 18.2 Å². The molecule has 1 aromatic heterocycles. The van der Waals surface area contributed by atoms with Gasteiger partial charge >= 0.3 is 0 Å². The van der Waals surface area contributed by atoms with Crippen molar-refractivity contribution in [1.82, 2.24) is 9.88 Å². The highest BCUT2D eigenvalue weighted by molar-refractivity contribution is 9.10. The second-order valence-corrected chi connectivity index (χ2v) is 6.01. The van der Waals surface area contributed by atoms with Crippen LogP contribution >= 0.6 is 15.9 Å². The number of hydrogen-bond acceptors (Lipinski definition) is 3. The van der Waals surface area contributed by atoms with Crippen molar-refractivity contribution >= 4 is 27.7 Å². The lowest BCUT2D eigenvalue weighted by Crippen LogP contribution is -2.49. The van der Waals surface area contributed by atoms with Gasteiger partial charge in [0, 0.05) is 36.8 Å². The molecule has 0 saturated carbocycles. The van der Waals surface area contributed by atoms with Gasteiger partial charge in [-0.1, -0.05) is 22.0 Å². The Balaban J connectivity index is 1.67. The van der Waals surface area contributed by atoms with Gasteiger partial charge in [0.2, 0.25) is 0 Å². The van der Waals surface area contributed by atoms with Crippen LogP contribution in [0.15, 0.2) is 47.1 Å². The minimum atomic E-state index is -0.494. The van der Waals surface area contributed by atoms with Crippen LogP contribution in [0, 0.1) is 5.82 Å². The first kappa shape index (κ1) is 15.0. The van der Waals surface area contributed by atoms with Gasteiger partial charge in [-0.05, 0) is 30.3 Å². The van der Waals surface area contributed by atoms with E-state index in [0.29, 0.717) is 30.7 Å². The van der Waals surface area contributed by atoms with E-state index < -0.39 is 5.82 Å². The molecule has 1 aliphatic heterocycles. The highest BCUT2D eigenvalue weighted by Crippen LogP contribution is 2.19. The molecule has 0 N–H and O–H groups in total. The Morgan fingerprint density at radius 3 is 2.55 bits per heavy atom. The van der Waals surface area contributed by atoms with Gasteiger partial charge in [0.15, 0.2) is 0 Å². The van der Waals surface area contributed by atoms with Gasteiger partial charge in [-0.3, -0.25) is 4.79 Å². The maximum atomic E-state index is 13.9.